The maximum absolute atomic E-state index is 13.1. The van der Waals surface area contributed by atoms with Crippen LogP contribution in [0.3, 0.4) is 0 Å². The molecule has 2 aromatic heterocycles. The van der Waals surface area contributed by atoms with Crippen molar-refractivity contribution in [3.8, 4) is 17.2 Å². The van der Waals surface area contributed by atoms with Gasteiger partial charge in [-0.25, -0.2) is 0 Å². The zero-order valence-corrected chi connectivity index (χ0v) is 17.4. The molecule has 3 heterocycles. The van der Waals surface area contributed by atoms with Gasteiger partial charge < -0.3 is 19.4 Å². The number of hydrogen-bond acceptors (Lipinski definition) is 5. The Bertz CT molecular complexity index is 1260. The van der Waals surface area contributed by atoms with Crippen LogP contribution in [0.5, 0.6) is 11.5 Å². The highest BCUT2D eigenvalue weighted by atomic mass is 16.7. The van der Waals surface area contributed by atoms with Gasteiger partial charge in [-0.15, -0.1) is 0 Å². The average Bonchev–Trinajstić information content (AvgIpc) is 3.21. The van der Waals surface area contributed by atoms with Gasteiger partial charge in [0.1, 0.15) is 5.56 Å². The molecule has 8 nitrogen and oxygen atoms in total. The lowest BCUT2D eigenvalue weighted by atomic mass is 10.1. The molecule has 0 bridgehead atoms. The fraction of sp³-hybridized carbons (Fsp3) is 0.261. The quantitative estimate of drug-likeness (QED) is 0.616. The predicted octanol–water partition coefficient (Wildman–Crippen LogP) is 2.16. The van der Waals surface area contributed by atoms with Gasteiger partial charge >= 0.3 is 0 Å². The first kappa shape index (κ1) is 20.5. The highest BCUT2D eigenvalue weighted by molar-refractivity contribution is 5.95. The number of carbonyl (C=O) groups is 1. The maximum Gasteiger partial charge on any atom is 0.268 e. The SMILES string of the molecule is Cc1ccn(-c2ccc3c(c2)OCO3)c(=O)c1C(=O)NCCCn1c(C)cccc1=O. The lowest BCUT2D eigenvalue weighted by molar-refractivity contribution is 0.0950. The largest absolute Gasteiger partial charge is 0.454 e. The van der Waals surface area contributed by atoms with Crippen LogP contribution in [0.25, 0.3) is 5.69 Å². The van der Waals surface area contributed by atoms with E-state index in [1.54, 1.807) is 48.0 Å². The number of benzene rings is 1. The van der Waals surface area contributed by atoms with E-state index in [4.69, 9.17) is 9.47 Å². The molecule has 0 spiro atoms. The first-order valence-corrected chi connectivity index (χ1v) is 10.0. The Balaban J connectivity index is 1.49. The number of hydrogen-bond donors (Lipinski definition) is 1. The van der Waals surface area contributed by atoms with Gasteiger partial charge in [0.25, 0.3) is 17.0 Å². The highest BCUT2D eigenvalue weighted by Gasteiger charge is 2.18. The summed E-state index contributed by atoms with van der Waals surface area (Å²) >= 11 is 0. The van der Waals surface area contributed by atoms with Crippen LogP contribution in [0.15, 0.2) is 58.3 Å². The summed E-state index contributed by atoms with van der Waals surface area (Å²) in [5.74, 6) is 0.742. The Labute approximate surface area is 178 Å². The van der Waals surface area contributed by atoms with Crippen LogP contribution in [0.1, 0.15) is 28.0 Å². The summed E-state index contributed by atoms with van der Waals surface area (Å²) in [6, 6.07) is 12.0. The number of rotatable bonds is 6. The molecule has 1 amide bonds. The third-order valence-electron chi connectivity index (χ3n) is 5.27. The molecule has 31 heavy (non-hydrogen) atoms. The predicted molar refractivity (Wildman–Crippen MR) is 115 cm³/mol. The monoisotopic (exact) mass is 421 g/mol. The molecule has 0 radical (unpaired) electrons. The molecule has 3 aromatic rings. The van der Waals surface area contributed by atoms with Crippen molar-refractivity contribution in [2.45, 2.75) is 26.8 Å². The molecular formula is C23H23N3O5. The summed E-state index contributed by atoms with van der Waals surface area (Å²) in [6.07, 6.45) is 2.20. The fourth-order valence-corrected chi connectivity index (χ4v) is 3.58. The van der Waals surface area contributed by atoms with Crippen LogP contribution < -0.4 is 25.9 Å². The third kappa shape index (κ3) is 4.09. The Morgan fingerprint density at radius 2 is 1.87 bits per heavy atom. The van der Waals surface area contributed by atoms with E-state index in [-0.39, 0.29) is 17.9 Å². The number of aryl methyl sites for hydroxylation is 2. The fourth-order valence-electron chi connectivity index (χ4n) is 3.58. The molecule has 0 unspecified atom stereocenters. The summed E-state index contributed by atoms with van der Waals surface area (Å²) in [4.78, 5) is 37.8. The van der Waals surface area contributed by atoms with Gasteiger partial charge in [-0.05, 0) is 50.1 Å². The summed E-state index contributed by atoms with van der Waals surface area (Å²) in [5.41, 5.74) is 1.65. The molecule has 0 fully saturated rings. The number of nitrogens with zero attached hydrogens (tertiary/aromatic N) is 2. The molecule has 0 atom stereocenters. The third-order valence-corrected chi connectivity index (χ3v) is 5.27. The van der Waals surface area contributed by atoms with Crippen molar-refractivity contribution >= 4 is 5.91 Å². The lowest BCUT2D eigenvalue weighted by Crippen LogP contribution is -2.34. The van der Waals surface area contributed by atoms with Crippen LogP contribution in [-0.2, 0) is 6.54 Å². The molecule has 1 aliphatic rings. The standard InChI is InChI=1S/C23H23N3O5/c1-15-9-12-26(17-7-8-18-19(13-17)31-14-30-18)23(29)21(15)22(28)24-10-4-11-25-16(2)5-3-6-20(25)27/h3,5-9,12-13H,4,10-11,14H2,1-2H3,(H,24,28). The minimum atomic E-state index is -0.435. The second-order valence-corrected chi connectivity index (χ2v) is 7.35. The number of carbonyl (C=O) groups excluding carboxylic acids is 1. The van der Waals surface area contributed by atoms with Crippen molar-refractivity contribution in [2.75, 3.05) is 13.3 Å². The highest BCUT2D eigenvalue weighted by Crippen LogP contribution is 2.33. The molecule has 1 aromatic carbocycles. The summed E-state index contributed by atoms with van der Waals surface area (Å²) in [5, 5.41) is 2.80. The minimum absolute atomic E-state index is 0.0724. The Morgan fingerprint density at radius 3 is 2.68 bits per heavy atom. The molecule has 1 aliphatic heterocycles. The number of ether oxygens (including phenoxy) is 2. The van der Waals surface area contributed by atoms with Crippen LogP contribution in [-0.4, -0.2) is 28.4 Å². The van der Waals surface area contributed by atoms with Gasteiger partial charge in [0.15, 0.2) is 11.5 Å². The number of fused-ring (bicyclic) bond motifs is 1. The second-order valence-electron chi connectivity index (χ2n) is 7.35. The van der Waals surface area contributed by atoms with E-state index >= 15 is 0 Å². The molecule has 4 rings (SSSR count). The molecular weight excluding hydrogens is 398 g/mol. The first-order chi connectivity index (χ1) is 15.0. The smallest absolute Gasteiger partial charge is 0.268 e. The van der Waals surface area contributed by atoms with Crippen molar-refractivity contribution in [1.29, 1.82) is 0 Å². The normalized spacial score (nSPS) is 12.1. The zero-order chi connectivity index (χ0) is 22.0. The van der Waals surface area contributed by atoms with Gasteiger partial charge in [-0.1, -0.05) is 6.07 Å². The Morgan fingerprint density at radius 1 is 1.06 bits per heavy atom. The van der Waals surface area contributed by atoms with E-state index in [0.29, 0.717) is 42.3 Å². The topological polar surface area (TPSA) is 91.6 Å². The summed E-state index contributed by atoms with van der Waals surface area (Å²) in [7, 11) is 0. The number of pyridine rings is 2. The van der Waals surface area contributed by atoms with Crippen LogP contribution in [0.2, 0.25) is 0 Å². The molecule has 160 valence electrons. The van der Waals surface area contributed by atoms with Gasteiger partial charge in [-0.3, -0.25) is 19.0 Å². The molecule has 8 heteroatoms. The van der Waals surface area contributed by atoms with Crippen molar-refractivity contribution < 1.29 is 14.3 Å². The van der Waals surface area contributed by atoms with Gasteiger partial charge in [0.05, 0.1) is 5.69 Å². The minimum Gasteiger partial charge on any atom is -0.454 e. The maximum atomic E-state index is 13.1. The number of aromatic nitrogens is 2. The van der Waals surface area contributed by atoms with E-state index in [2.05, 4.69) is 5.32 Å². The lowest BCUT2D eigenvalue weighted by Gasteiger charge is -2.12. The van der Waals surface area contributed by atoms with Gasteiger partial charge in [0, 0.05) is 37.1 Å². The van der Waals surface area contributed by atoms with E-state index < -0.39 is 11.5 Å². The second kappa shape index (κ2) is 8.51. The Hall–Kier alpha value is -3.81. The van der Waals surface area contributed by atoms with Crippen LogP contribution >= 0.6 is 0 Å². The van der Waals surface area contributed by atoms with E-state index in [1.807, 2.05) is 13.0 Å². The zero-order valence-electron chi connectivity index (χ0n) is 17.4. The number of nitrogens with one attached hydrogen (secondary N) is 1. The van der Waals surface area contributed by atoms with Gasteiger partial charge in [0.2, 0.25) is 6.79 Å². The van der Waals surface area contributed by atoms with Crippen molar-refractivity contribution in [3.05, 3.63) is 86.2 Å². The van der Waals surface area contributed by atoms with Crippen LogP contribution in [0.4, 0.5) is 0 Å². The molecule has 0 aliphatic carbocycles. The van der Waals surface area contributed by atoms with Crippen molar-refractivity contribution in [1.82, 2.24) is 14.5 Å². The van der Waals surface area contributed by atoms with Crippen molar-refractivity contribution in [3.63, 3.8) is 0 Å². The van der Waals surface area contributed by atoms with E-state index in [9.17, 15) is 14.4 Å². The first-order valence-electron chi connectivity index (χ1n) is 10.0. The Kier molecular flexibility index (Phi) is 5.62. The van der Waals surface area contributed by atoms with E-state index in [0.717, 1.165) is 5.69 Å². The molecule has 1 N–H and O–H groups in total. The van der Waals surface area contributed by atoms with Crippen LogP contribution in [0, 0.1) is 13.8 Å². The molecule has 0 saturated carbocycles. The number of amides is 1. The summed E-state index contributed by atoms with van der Waals surface area (Å²) in [6.45, 7) is 4.57. The summed E-state index contributed by atoms with van der Waals surface area (Å²) < 4.78 is 13.8. The van der Waals surface area contributed by atoms with Crippen molar-refractivity contribution in [2.24, 2.45) is 0 Å². The van der Waals surface area contributed by atoms with Gasteiger partial charge in [-0.2, -0.15) is 0 Å². The average molecular weight is 421 g/mol. The molecule has 0 saturated heterocycles. The van der Waals surface area contributed by atoms with E-state index in [1.165, 1.54) is 10.6 Å².